The summed E-state index contributed by atoms with van der Waals surface area (Å²) >= 11 is 2.09. The summed E-state index contributed by atoms with van der Waals surface area (Å²) in [4.78, 5) is 11.6. The highest BCUT2D eigenvalue weighted by molar-refractivity contribution is 8.00. The second-order valence-corrected chi connectivity index (χ2v) is 7.45. The molecule has 1 saturated carbocycles. The molecule has 0 saturated heterocycles. The minimum absolute atomic E-state index is 0.0139. The Balaban J connectivity index is 2.20. The van der Waals surface area contributed by atoms with E-state index in [1.165, 1.54) is 25.7 Å². The smallest absolute Gasteiger partial charge is 0.306 e. The van der Waals surface area contributed by atoms with Gasteiger partial charge in [-0.3, -0.25) is 4.79 Å². The topological polar surface area (TPSA) is 26.3 Å². The molecule has 0 atom stereocenters. The third kappa shape index (κ3) is 6.35. The number of hydrogen-bond donors (Lipinski definition) is 0. The van der Waals surface area contributed by atoms with Gasteiger partial charge in [-0.15, -0.1) is 0 Å². The van der Waals surface area contributed by atoms with Crippen LogP contribution < -0.4 is 0 Å². The van der Waals surface area contributed by atoms with Crippen molar-refractivity contribution in [1.29, 1.82) is 0 Å². The van der Waals surface area contributed by atoms with Crippen LogP contribution in [0.5, 0.6) is 0 Å². The van der Waals surface area contributed by atoms with Gasteiger partial charge in [-0.1, -0.05) is 13.8 Å². The number of rotatable bonds is 5. The molecule has 0 aromatic rings. The van der Waals surface area contributed by atoms with Crippen molar-refractivity contribution in [3.63, 3.8) is 0 Å². The van der Waals surface area contributed by atoms with Crippen LogP contribution in [-0.2, 0) is 9.53 Å². The Morgan fingerprint density at radius 1 is 1.18 bits per heavy atom. The van der Waals surface area contributed by atoms with E-state index in [0.717, 1.165) is 10.5 Å². The molecule has 17 heavy (non-hydrogen) atoms. The van der Waals surface area contributed by atoms with Crippen LogP contribution in [0.25, 0.3) is 0 Å². The number of ether oxygens (including phenoxy) is 1. The molecule has 1 aliphatic carbocycles. The van der Waals surface area contributed by atoms with Gasteiger partial charge in [0.15, 0.2) is 0 Å². The quantitative estimate of drug-likeness (QED) is 0.696. The number of thioether (sulfide) groups is 1. The number of esters is 1. The highest BCUT2D eigenvalue weighted by Gasteiger charge is 2.24. The molecule has 2 nitrogen and oxygen atoms in total. The monoisotopic (exact) mass is 258 g/mol. The van der Waals surface area contributed by atoms with Crippen molar-refractivity contribution in [3.05, 3.63) is 0 Å². The van der Waals surface area contributed by atoms with E-state index in [1.807, 2.05) is 13.8 Å². The molecule has 0 N–H and O–H groups in total. The summed E-state index contributed by atoms with van der Waals surface area (Å²) in [5, 5.41) is 1.54. The van der Waals surface area contributed by atoms with Gasteiger partial charge in [-0.2, -0.15) is 11.8 Å². The number of carbonyl (C=O) groups is 1. The van der Waals surface area contributed by atoms with E-state index in [0.29, 0.717) is 12.3 Å². The first-order valence-corrected chi connectivity index (χ1v) is 7.76. The molecule has 1 rings (SSSR count). The maximum Gasteiger partial charge on any atom is 0.306 e. The van der Waals surface area contributed by atoms with Gasteiger partial charge in [0.2, 0.25) is 0 Å². The summed E-state index contributed by atoms with van der Waals surface area (Å²) in [5.74, 6) is 0.547. The molecule has 1 aliphatic rings. The summed E-state index contributed by atoms with van der Waals surface area (Å²) in [6.07, 6.45) is 5.56. The third-order valence-electron chi connectivity index (χ3n) is 3.08. The minimum Gasteiger partial charge on any atom is -0.463 e. The van der Waals surface area contributed by atoms with Gasteiger partial charge in [0, 0.05) is 11.7 Å². The average Bonchev–Trinajstić information content (AvgIpc) is 2.18. The van der Waals surface area contributed by atoms with Gasteiger partial charge < -0.3 is 4.74 Å². The first-order chi connectivity index (χ1) is 7.97. The summed E-state index contributed by atoms with van der Waals surface area (Å²) in [6.45, 7) is 8.34. The Hall–Kier alpha value is -0.180. The lowest BCUT2D eigenvalue weighted by Crippen LogP contribution is -2.22. The van der Waals surface area contributed by atoms with Gasteiger partial charge in [0.05, 0.1) is 6.10 Å². The average molecular weight is 258 g/mol. The van der Waals surface area contributed by atoms with Crippen LogP contribution in [0.3, 0.4) is 0 Å². The van der Waals surface area contributed by atoms with Gasteiger partial charge in [0.1, 0.15) is 0 Å². The zero-order valence-corrected chi connectivity index (χ0v) is 12.4. The van der Waals surface area contributed by atoms with E-state index in [1.54, 1.807) is 0 Å². The second kappa shape index (κ2) is 7.30. The van der Waals surface area contributed by atoms with Crippen LogP contribution >= 0.6 is 11.8 Å². The Morgan fingerprint density at radius 2 is 1.76 bits per heavy atom. The largest absolute Gasteiger partial charge is 0.463 e. The molecule has 0 aromatic carbocycles. The van der Waals surface area contributed by atoms with Crippen molar-refractivity contribution < 1.29 is 9.53 Å². The molecule has 0 aromatic heterocycles. The predicted octanol–water partition coefficient (Wildman–Crippen LogP) is 4.03. The van der Waals surface area contributed by atoms with Crippen molar-refractivity contribution in [2.75, 3.05) is 0 Å². The zero-order valence-electron chi connectivity index (χ0n) is 11.6. The van der Waals surface area contributed by atoms with Gasteiger partial charge in [-0.05, 0) is 50.7 Å². The molecule has 1 fully saturated rings. The van der Waals surface area contributed by atoms with E-state index < -0.39 is 0 Å². The number of carbonyl (C=O) groups excluding carboxylic acids is 1. The highest BCUT2D eigenvalue weighted by atomic mass is 32.2. The number of hydrogen-bond acceptors (Lipinski definition) is 3. The molecule has 0 unspecified atom stereocenters. The molecular weight excluding hydrogens is 232 g/mol. The van der Waals surface area contributed by atoms with Crippen LogP contribution in [0, 0.1) is 5.92 Å². The fraction of sp³-hybridized carbons (Fsp3) is 0.929. The van der Waals surface area contributed by atoms with Crippen LogP contribution in [0.4, 0.5) is 0 Å². The molecule has 0 amide bonds. The van der Waals surface area contributed by atoms with Crippen molar-refractivity contribution in [2.45, 2.75) is 76.4 Å². The first-order valence-electron chi connectivity index (χ1n) is 6.82. The van der Waals surface area contributed by atoms with E-state index in [2.05, 4.69) is 25.6 Å². The highest BCUT2D eigenvalue weighted by Crippen LogP contribution is 2.35. The van der Waals surface area contributed by atoms with E-state index in [4.69, 9.17) is 4.74 Å². The van der Waals surface area contributed by atoms with Crippen molar-refractivity contribution in [3.8, 4) is 0 Å². The van der Waals surface area contributed by atoms with E-state index in [-0.39, 0.29) is 12.1 Å². The SMILES string of the molecule is CC(C)OC(=O)CC1CCC(SC(C)C)CC1. The Morgan fingerprint density at radius 3 is 2.24 bits per heavy atom. The second-order valence-electron chi connectivity index (χ2n) is 5.57. The molecule has 0 bridgehead atoms. The van der Waals surface area contributed by atoms with Crippen molar-refractivity contribution >= 4 is 17.7 Å². The van der Waals surface area contributed by atoms with Crippen molar-refractivity contribution in [1.82, 2.24) is 0 Å². The lowest BCUT2D eigenvalue weighted by Gasteiger charge is -2.28. The van der Waals surface area contributed by atoms with E-state index >= 15 is 0 Å². The van der Waals surface area contributed by atoms with Crippen LogP contribution in [0.15, 0.2) is 0 Å². The standard InChI is InChI=1S/C14H26O2S/c1-10(2)16-14(15)9-12-5-7-13(8-6-12)17-11(3)4/h10-13H,5-9H2,1-4H3. The summed E-state index contributed by atoms with van der Waals surface area (Å²) < 4.78 is 5.20. The Labute approximate surface area is 110 Å². The van der Waals surface area contributed by atoms with Gasteiger partial charge in [-0.25, -0.2) is 0 Å². The zero-order chi connectivity index (χ0) is 12.8. The Bertz CT molecular complexity index is 230. The lowest BCUT2D eigenvalue weighted by atomic mass is 9.87. The molecular formula is C14H26O2S. The normalized spacial score (nSPS) is 25.3. The molecule has 100 valence electrons. The fourth-order valence-electron chi connectivity index (χ4n) is 2.40. The maximum absolute atomic E-state index is 11.6. The van der Waals surface area contributed by atoms with Crippen LogP contribution in [0.2, 0.25) is 0 Å². The molecule has 0 heterocycles. The molecule has 0 radical (unpaired) electrons. The van der Waals surface area contributed by atoms with Crippen LogP contribution in [0.1, 0.15) is 59.8 Å². The van der Waals surface area contributed by atoms with Gasteiger partial charge in [0.25, 0.3) is 0 Å². The Kier molecular flexibility index (Phi) is 6.39. The van der Waals surface area contributed by atoms with E-state index in [9.17, 15) is 4.79 Å². The predicted molar refractivity (Wildman–Crippen MR) is 74.3 cm³/mol. The summed E-state index contributed by atoms with van der Waals surface area (Å²) in [6, 6.07) is 0. The first kappa shape index (κ1) is 14.9. The third-order valence-corrected chi connectivity index (χ3v) is 4.48. The molecule has 3 heteroatoms. The fourth-order valence-corrected chi connectivity index (χ4v) is 3.72. The minimum atomic E-state index is -0.0139. The lowest BCUT2D eigenvalue weighted by molar-refractivity contribution is -0.148. The van der Waals surface area contributed by atoms with Crippen LogP contribution in [-0.4, -0.2) is 22.6 Å². The van der Waals surface area contributed by atoms with Gasteiger partial charge >= 0.3 is 5.97 Å². The summed E-state index contributed by atoms with van der Waals surface area (Å²) in [5.41, 5.74) is 0. The van der Waals surface area contributed by atoms with Crippen molar-refractivity contribution in [2.24, 2.45) is 5.92 Å². The summed E-state index contributed by atoms with van der Waals surface area (Å²) in [7, 11) is 0. The molecule has 0 spiro atoms. The molecule has 0 aliphatic heterocycles. The maximum atomic E-state index is 11.6.